The third kappa shape index (κ3) is 4.04. The van der Waals surface area contributed by atoms with Gasteiger partial charge in [-0.3, -0.25) is 4.72 Å². The van der Waals surface area contributed by atoms with Gasteiger partial charge in [0.15, 0.2) is 0 Å². The van der Waals surface area contributed by atoms with Crippen molar-refractivity contribution in [3.05, 3.63) is 27.6 Å². The number of hydrogen-bond acceptors (Lipinski definition) is 3. The molecule has 1 rings (SSSR count). The lowest BCUT2D eigenvalue weighted by Gasteiger charge is -2.18. The molecule has 1 aromatic rings. The van der Waals surface area contributed by atoms with Gasteiger partial charge in [0.1, 0.15) is 5.82 Å². The lowest BCUT2D eigenvalue weighted by Crippen LogP contribution is -2.34. The number of nitrogens with one attached hydrogen (secondary N) is 1. The topological polar surface area (TPSA) is 75.4 Å². The monoisotopic (exact) mass is 387 g/mol. The molecule has 8 heteroatoms. The highest BCUT2D eigenvalue weighted by Crippen LogP contribution is 2.22. The smallest absolute Gasteiger partial charge is 0.301 e. The zero-order valence-electron chi connectivity index (χ0n) is 9.86. The Bertz CT molecular complexity index is 510. The van der Waals surface area contributed by atoms with E-state index in [1.54, 1.807) is 22.6 Å². The van der Waals surface area contributed by atoms with Gasteiger partial charge < -0.3 is 5.73 Å². The van der Waals surface area contributed by atoms with Gasteiger partial charge in [-0.2, -0.15) is 12.7 Å². The van der Waals surface area contributed by atoms with Crippen molar-refractivity contribution in [2.24, 2.45) is 5.73 Å². The van der Waals surface area contributed by atoms with Crippen LogP contribution in [0, 0.1) is 9.39 Å². The first-order chi connectivity index (χ1) is 8.38. The van der Waals surface area contributed by atoms with E-state index in [2.05, 4.69) is 4.72 Å². The van der Waals surface area contributed by atoms with Crippen LogP contribution in [0.3, 0.4) is 0 Å². The van der Waals surface area contributed by atoms with Crippen LogP contribution in [0.5, 0.6) is 0 Å². The minimum absolute atomic E-state index is 0.232. The highest BCUT2D eigenvalue weighted by atomic mass is 127. The highest BCUT2D eigenvalue weighted by molar-refractivity contribution is 14.1. The maximum Gasteiger partial charge on any atom is 0.301 e. The largest absolute Gasteiger partial charge is 0.330 e. The summed E-state index contributed by atoms with van der Waals surface area (Å²) in [4.78, 5) is 0. The van der Waals surface area contributed by atoms with Crippen LogP contribution in [0.2, 0.25) is 0 Å². The molecule has 0 aromatic heterocycles. The number of halogens is 2. The molecule has 18 heavy (non-hydrogen) atoms. The summed E-state index contributed by atoms with van der Waals surface area (Å²) in [5, 5.41) is 0. The van der Waals surface area contributed by atoms with Crippen LogP contribution in [-0.2, 0) is 10.2 Å². The SMILES string of the molecule is CN(CCCN)S(=O)(=O)Nc1cccc(F)c1I. The van der Waals surface area contributed by atoms with E-state index in [9.17, 15) is 12.8 Å². The Morgan fingerprint density at radius 3 is 2.78 bits per heavy atom. The zero-order valence-corrected chi connectivity index (χ0v) is 12.8. The summed E-state index contributed by atoms with van der Waals surface area (Å²) >= 11 is 1.76. The lowest BCUT2D eigenvalue weighted by atomic mass is 10.3. The summed E-state index contributed by atoms with van der Waals surface area (Å²) in [5.41, 5.74) is 5.56. The molecular formula is C10H15FIN3O2S. The maximum absolute atomic E-state index is 13.3. The molecule has 0 spiro atoms. The van der Waals surface area contributed by atoms with E-state index >= 15 is 0 Å². The molecule has 0 atom stereocenters. The molecule has 0 aliphatic heterocycles. The molecule has 1 aromatic carbocycles. The van der Waals surface area contributed by atoms with Gasteiger partial charge in [0.2, 0.25) is 0 Å². The van der Waals surface area contributed by atoms with Crippen molar-refractivity contribution < 1.29 is 12.8 Å². The maximum atomic E-state index is 13.3. The molecule has 0 fully saturated rings. The standard InChI is InChI=1S/C10H15FIN3O2S/c1-15(7-3-6-13)18(16,17)14-9-5-2-4-8(11)10(9)12/h2,4-5,14H,3,6-7,13H2,1H3. The molecule has 0 aliphatic carbocycles. The summed E-state index contributed by atoms with van der Waals surface area (Å²) in [6.07, 6.45) is 0.567. The predicted octanol–water partition coefficient (Wildman–Crippen LogP) is 1.37. The fraction of sp³-hybridized carbons (Fsp3) is 0.400. The van der Waals surface area contributed by atoms with Crippen LogP contribution in [0.15, 0.2) is 18.2 Å². The van der Waals surface area contributed by atoms with Crippen LogP contribution >= 0.6 is 22.6 Å². The Balaban J connectivity index is 2.85. The van der Waals surface area contributed by atoms with Crippen molar-refractivity contribution in [2.45, 2.75) is 6.42 Å². The molecule has 0 unspecified atom stereocenters. The lowest BCUT2D eigenvalue weighted by molar-refractivity contribution is 0.468. The molecule has 0 heterocycles. The van der Waals surface area contributed by atoms with Gasteiger partial charge in [-0.05, 0) is 47.7 Å². The fourth-order valence-electron chi connectivity index (χ4n) is 1.23. The summed E-state index contributed by atoms with van der Waals surface area (Å²) in [5.74, 6) is -0.458. The van der Waals surface area contributed by atoms with Crippen LogP contribution in [0.4, 0.5) is 10.1 Å². The van der Waals surface area contributed by atoms with Crippen molar-refractivity contribution in [1.29, 1.82) is 0 Å². The molecule has 0 radical (unpaired) electrons. The Morgan fingerprint density at radius 2 is 2.17 bits per heavy atom. The number of anilines is 1. The molecule has 5 nitrogen and oxygen atoms in total. The average Bonchev–Trinajstić information content (AvgIpc) is 2.31. The van der Waals surface area contributed by atoms with Crippen LogP contribution < -0.4 is 10.5 Å². The number of nitrogens with two attached hydrogens (primary N) is 1. The molecule has 3 N–H and O–H groups in total. The van der Waals surface area contributed by atoms with Crippen LogP contribution in [-0.4, -0.2) is 32.9 Å². The van der Waals surface area contributed by atoms with Crippen molar-refractivity contribution in [1.82, 2.24) is 4.31 Å². The fourth-order valence-corrected chi connectivity index (χ4v) is 2.88. The minimum Gasteiger partial charge on any atom is -0.330 e. The second-order valence-corrected chi connectivity index (χ2v) is 6.53. The first-order valence-corrected chi connectivity index (χ1v) is 7.78. The van der Waals surface area contributed by atoms with Gasteiger partial charge in [-0.15, -0.1) is 0 Å². The van der Waals surface area contributed by atoms with Gasteiger partial charge in [-0.1, -0.05) is 6.07 Å². The molecule has 0 saturated heterocycles. The van der Waals surface area contributed by atoms with Crippen LogP contribution in [0.25, 0.3) is 0 Å². The summed E-state index contributed by atoms with van der Waals surface area (Å²) in [6.45, 7) is 0.731. The Hall–Kier alpha value is -0.450. The number of benzene rings is 1. The molecule has 102 valence electrons. The average molecular weight is 387 g/mol. The Labute approximate surface area is 120 Å². The first kappa shape index (κ1) is 15.6. The molecular weight excluding hydrogens is 372 g/mol. The molecule has 0 amide bonds. The van der Waals surface area contributed by atoms with Crippen molar-refractivity contribution >= 4 is 38.5 Å². The first-order valence-electron chi connectivity index (χ1n) is 5.26. The van der Waals surface area contributed by atoms with E-state index in [0.717, 1.165) is 4.31 Å². The van der Waals surface area contributed by atoms with Gasteiger partial charge in [0.25, 0.3) is 0 Å². The van der Waals surface area contributed by atoms with Gasteiger partial charge in [0, 0.05) is 13.6 Å². The third-order valence-electron chi connectivity index (χ3n) is 2.28. The van der Waals surface area contributed by atoms with E-state index in [1.807, 2.05) is 0 Å². The van der Waals surface area contributed by atoms with Crippen molar-refractivity contribution in [3.8, 4) is 0 Å². The summed E-state index contributed by atoms with van der Waals surface area (Å²) in [6, 6.07) is 4.24. The molecule has 0 aliphatic rings. The number of hydrogen-bond donors (Lipinski definition) is 2. The zero-order chi connectivity index (χ0) is 13.8. The van der Waals surface area contributed by atoms with E-state index in [1.165, 1.54) is 25.2 Å². The minimum atomic E-state index is -3.67. The number of rotatable bonds is 6. The normalized spacial score (nSPS) is 11.8. The van der Waals surface area contributed by atoms with E-state index in [-0.39, 0.29) is 9.26 Å². The van der Waals surface area contributed by atoms with E-state index in [4.69, 9.17) is 5.73 Å². The van der Waals surface area contributed by atoms with Crippen molar-refractivity contribution in [2.75, 3.05) is 24.9 Å². The van der Waals surface area contributed by atoms with E-state index < -0.39 is 16.0 Å². The predicted molar refractivity (Wildman–Crippen MR) is 78.0 cm³/mol. The Morgan fingerprint density at radius 1 is 1.50 bits per heavy atom. The second kappa shape index (κ2) is 6.64. The summed E-state index contributed by atoms with van der Waals surface area (Å²) < 4.78 is 40.9. The quantitative estimate of drug-likeness (QED) is 0.725. The third-order valence-corrected chi connectivity index (χ3v) is 4.86. The van der Waals surface area contributed by atoms with Gasteiger partial charge in [-0.25, -0.2) is 4.39 Å². The van der Waals surface area contributed by atoms with Crippen LogP contribution in [0.1, 0.15) is 6.42 Å². The second-order valence-electron chi connectivity index (χ2n) is 3.67. The van der Waals surface area contributed by atoms with E-state index in [0.29, 0.717) is 19.5 Å². The Kier molecular flexibility index (Phi) is 5.76. The van der Waals surface area contributed by atoms with Crippen molar-refractivity contribution in [3.63, 3.8) is 0 Å². The highest BCUT2D eigenvalue weighted by Gasteiger charge is 2.18. The van der Waals surface area contributed by atoms with Gasteiger partial charge >= 0.3 is 10.2 Å². The molecule has 0 saturated carbocycles. The van der Waals surface area contributed by atoms with Gasteiger partial charge in [0.05, 0.1) is 9.26 Å². The summed E-state index contributed by atoms with van der Waals surface area (Å²) in [7, 11) is -2.22. The molecule has 0 bridgehead atoms. The number of nitrogens with zero attached hydrogens (tertiary/aromatic N) is 1.